The van der Waals surface area contributed by atoms with Crippen LogP contribution in [0.2, 0.25) is 0 Å². The highest BCUT2D eigenvalue weighted by atomic mass is 16.5. The maximum absolute atomic E-state index is 6.13. The molecule has 2 nitrogen and oxygen atoms in total. The number of unbranched alkanes of at least 4 members (excludes halogenated alkanes) is 11. The number of ether oxygens (including phenoxy) is 1. The van der Waals surface area contributed by atoms with E-state index in [4.69, 9.17) is 10.5 Å². The molecule has 1 aromatic rings. The zero-order valence-corrected chi connectivity index (χ0v) is 17.6. The maximum Gasteiger partial charge on any atom is 0.149 e. The maximum atomic E-state index is 6.13. The Morgan fingerprint density at radius 2 is 1.44 bits per heavy atom. The summed E-state index contributed by atoms with van der Waals surface area (Å²) in [6.45, 7) is 2.29. The number of anilines is 1. The third-order valence-corrected chi connectivity index (χ3v) is 5.48. The Morgan fingerprint density at radius 1 is 0.889 bits per heavy atom. The molecule has 2 N–H and O–H groups in total. The summed E-state index contributed by atoms with van der Waals surface area (Å²) < 4.78 is 6.13. The zero-order valence-electron chi connectivity index (χ0n) is 17.6. The van der Waals surface area contributed by atoms with Crippen LogP contribution in [0.4, 0.5) is 5.69 Å². The molecule has 0 aliphatic heterocycles. The molecule has 0 bridgehead atoms. The first-order chi connectivity index (χ1) is 13.3. The second-order valence-electron chi connectivity index (χ2n) is 8.25. The highest BCUT2D eigenvalue weighted by Gasteiger charge is 2.20. The van der Waals surface area contributed by atoms with E-state index in [1.165, 1.54) is 89.9 Å². The van der Waals surface area contributed by atoms with Gasteiger partial charge in [0.2, 0.25) is 0 Å². The summed E-state index contributed by atoms with van der Waals surface area (Å²) >= 11 is 0. The fraction of sp³-hybridized carbons (Fsp3) is 0.680. The largest absolute Gasteiger partial charge is 0.460 e. The van der Waals surface area contributed by atoms with Gasteiger partial charge < -0.3 is 10.5 Å². The van der Waals surface area contributed by atoms with Crippen LogP contribution in [0.15, 0.2) is 36.1 Å². The van der Waals surface area contributed by atoms with Crippen molar-refractivity contribution in [2.45, 2.75) is 103 Å². The van der Waals surface area contributed by atoms with Crippen molar-refractivity contribution in [3.63, 3.8) is 0 Å². The number of para-hydroxylation sites is 2. The molecular formula is C25H41NO. The minimum absolute atomic E-state index is 0.730. The molecule has 0 radical (unpaired) electrons. The lowest BCUT2D eigenvalue weighted by Gasteiger charge is -2.12. The molecule has 0 aromatic heterocycles. The van der Waals surface area contributed by atoms with Crippen LogP contribution in [0, 0.1) is 5.92 Å². The molecule has 152 valence electrons. The van der Waals surface area contributed by atoms with Gasteiger partial charge in [-0.25, -0.2) is 0 Å². The fourth-order valence-electron chi connectivity index (χ4n) is 3.55. The van der Waals surface area contributed by atoms with Gasteiger partial charge in [0.15, 0.2) is 0 Å². The molecule has 0 atom stereocenters. The Kier molecular flexibility index (Phi) is 11.1. The first-order valence-electron chi connectivity index (χ1n) is 11.5. The third-order valence-electron chi connectivity index (χ3n) is 5.48. The van der Waals surface area contributed by atoms with E-state index >= 15 is 0 Å². The summed E-state index contributed by atoms with van der Waals surface area (Å²) in [5.41, 5.74) is 6.76. The molecule has 1 aliphatic carbocycles. The van der Waals surface area contributed by atoms with Crippen molar-refractivity contribution in [1.82, 2.24) is 0 Å². The van der Waals surface area contributed by atoms with Crippen molar-refractivity contribution in [3.05, 3.63) is 36.1 Å². The number of nitrogen functional groups attached to an aromatic ring is 1. The van der Waals surface area contributed by atoms with Crippen molar-refractivity contribution >= 4 is 5.69 Å². The summed E-state index contributed by atoms with van der Waals surface area (Å²) in [6, 6.07) is 7.83. The van der Waals surface area contributed by atoms with Gasteiger partial charge in [-0.15, -0.1) is 0 Å². The average Bonchev–Trinajstić information content (AvgIpc) is 3.48. The molecule has 2 rings (SSSR count). The van der Waals surface area contributed by atoms with E-state index in [-0.39, 0.29) is 0 Å². The van der Waals surface area contributed by atoms with Crippen molar-refractivity contribution in [1.29, 1.82) is 0 Å². The van der Waals surface area contributed by atoms with Gasteiger partial charge in [0.1, 0.15) is 11.5 Å². The van der Waals surface area contributed by atoms with E-state index in [9.17, 15) is 0 Å². The predicted octanol–water partition coefficient (Wildman–Crippen LogP) is 8.03. The van der Waals surface area contributed by atoms with Crippen LogP contribution in [0.1, 0.15) is 103 Å². The van der Waals surface area contributed by atoms with Gasteiger partial charge in [-0.1, -0.05) is 89.7 Å². The van der Waals surface area contributed by atoms with Gasteiger partial charge in [0.05, 0.1) is 5.69 Å². The minimum Gasteiger partial charge on any atom is -0.460 e. The minimum atomic E-state index is 0.730. The van der Waals surface area contributed by atoms with Gasteiger partial charge in [-0.2, -0.15) is 0 Å². The molecule has 0 heterocycles. The van der Waals surface area contributed by atoms with Gasteiger partial charge in [0.25, 0.3) is 0 Å². The molecule has 1 aromatic carbocycles. The SMILES string of the molecule is CCCCCCCCCCCCCCC(=CC1CC1)Oc1ccccc1N. The Balaban J connectivity index is 1.53. The quantitative estimate of drug-likeness (QED) is 0.181. The second-order valence-corrected chi connectivity index (χ2v) is 8.25. The third kappa shape index (κ3) is 10.5. The number of hydrogen-bond donors (Lipinski definition) is 1. The van der Waals surface area contributed by atoms with E-state index in [1.54, 1.807) is 0 Å². The standard InChI is InChI=1S/C25H41NO/c1-2-3-4-5-6-7-8-9-10-11-12-13-16-23(21-22-19-20-22)27-25-18-15-14-17-24(25)26/h14-15,17-18,21-22H,2-13,16,19-20,26H2,1H3. The van der Waals surface area contributed by atoms with Crippen LogP contribution in [-0.4, -0.2) is 0 Å². The number of allylic oxidation sites excluding steroid dienone is 2. The van der Waals surface area contributed by atoms with Crippen LogP contribution in [0.5, 0.6) is 5.75 Å². The van der Waals surface area contributed by atoms with Gasteiger partial charge >= 0.3 is 0 Å². The first kappa shape index (κ1) is 21.9. The van der Waals surface area contributed by atoms with Crippen LogP contribution in [0.25, 0.3) is 0 Å². The van der Waals surface area contributed by atoms with E-state index in [2.05, 4.69) is 13.0 Å². The molecule has 0 spiro atoms. The monoisotopic (exact) mass is 371 g/mol. The number of rotatable bonds is 16. The van der Waals surface area contributed by atoms with Crippen molar-refractivity contribution in [2.75, 3.05) is 5.73 Å². The van der Waals surface area contributed by atoms with Gasteiger partial charge in [-0.05, 0) is 43.4 Å². The Hall–Kier alpha value is -1.44. The summed E-state index contributed by atoms with van der Waals surface area (Å²) in [6.07, 6.45) is 22.7. The van der Waals surface area contributed by atoms with Crippen molar-refractivity contribution in [3.8, 4) is 5.75 Å². The second kappa shape index (κ2) is 13.7. The molecule has 1 saturated carbocycles. The highest BCUT2D eigenvalue weighted by molar-refractivity contribution is 5.52. The van der Waals surface area contributed by atoms with Gasteiger partial charge in [-0.3, -0.25) is 0 Å². The molecule has 27 heavy (non-hydrogen) atoms. The number of benzene rings is 1. The van der Waals surface area contributed by atoms with Crippen LogP contribution >= 0.6 is 0 Å². The topological polar surface area (TPSA) is 35.2 Å². The highest BCUT2D eigenvalue weighted by Crippen LogP contribution is 2.33. The van der Waals surface area contributed by atoms with Gasteiger partial charge in [0, 0.05) is 6.42 Å². The lowest BCUT2D eigenvalue weighted by Crippen LogP contribution is -1.99. The van der Waals surface area contributed by atoms with Crippen molar-refractivity contribution < 1.29 is 4.74 Å². The lowest BCUT2D eigenvalue weighted by atomic mass is 10.0. The van der Waals surface area contributed by atoms with Crippen molar-refractivity contribution in [2.24, 2.45) is 5.92 Å². The van der Waals surface area contributed by atoms with E-state index in [0.29, 0.717) is 0 Å². The Labute approximate surface area is 167 Å². The van der Waals surface area contributed by atoms with Crippen LogP contribution in [0.3, 0.4) is 0 Å². The normalized spacial score (nSPS) is 14.5. The zero-order chi connectivity index (χ0) is 19.2. The smallest absolute Gasteiger partial charge is 0.149 e. The number of hydrogen-bond acceptors (Lipinski definition) is 2. The average molecular weight is 372 g/mol. The lowest BCUT2D eigenvalue weighted by molar-refractivity contribution is 0.393. The molecule has 1 aliphatic rings. The summed E-state index contributed by atoms with van der Waals surface area (Å²) in [7, 11) is 0. The van der Waals surface area contributed by atoms with E-state index in [1.807, 2.05) is 24.3 Å². The summed E-state index contributed by atoms with van der Waals surface area (Å²) in [4.78, 5) is 0. The summed E-state index contributed by atoms with van der Waals surface area (Å²) in [5.74, 6) is 2.67. The predicted molar refractivity (Wildman–Crippen MR) is 118 cm³/mol. The molecule has 0 amide bonds. The Bertz CT molecular complexity index is 533. The molecule has 1 fully saturated rings. The van der Waals surface area contributed by atoms with Crippen LogP contribution < -0.4 is 10.5 Å². The van der Waals surface area contributed by atoms with E-state index in [0.717, 1.165) is 29.5 Å². The van der Waals surface area contributed by atoms with Crippen LogP contribution in [-0.2, 0) is 0 Å². The fourth-order valence-corrected chi connectivity index (χ4v) is 3.55. The molecular weight excluding hydrogens is 330 g/mol. The first-order valence-corrected chi connectivity index (χ1v) is 11.5. The summed E-state index contributed by atoms with van der Waals surface area (Å²) in [5, 5.41) is 0. The molecule has 2 heteroatoms. The Morgan fingerprint density at radius 3 is 2.00 bits per heavy atom. The number of nitrogens with two attached hydrogens (primary N) is 1. The van der Waals surface area contributed by atoms with E-state index < -0.39 is 0 Å². The molecule has 0 saturated heterocycles. The molecule has 0 unspecified atom stereocenters.